The molecule has 0 nitrogen and oxygen atoms in total. The molecular formula is C11H11K. The van der Waals surface area contributed by atoms with Crippen molar-refractivity contribution in [3.8, 4) is 0 Å². The Morgan fingerprint density at radius 1 is 0.833 bits per heavy atom. The van der Waals surface area contributed by atoms with Gasteiger partial charge >= 0.3 is 51.4 Å². The summed E-state index contributed by atoms with van der Waals surface area (Å²) in [5, 5.41) is 2.68. The van der Waals surface area contributed by atoms with E-state index in [-0.39, 0.29) is 51.4 Å². The van der Waals surface area contributed by atoms with Gasteiger partial charge in [-0.25, -0.2) is 0 Å². The van der Waals surface area contributed by atoms with Crippen LogP contribution in [0.5, 0.6) is 0 Å². The first-order valence-corrected chi connectivity index (χ1v) is 3.82. The van der Waals surface area contributed by atoms with Gasteiger partial charge in [-0.1, -0.05) is 42.5 Å². The van der Waals surface area contributed by atoms with Crippen molar-refractivity contribution in [2.24, 2.45) is 0 Å². The zero-order valence-corrected chi connectivity index (χ0v) is 6.54. The topological polar surface area (TPSA) is 0 Å². The van der Waals surface area contributed by atoms with Crippen LogP contribution in [0, 0.1) is 6.92 Å². The fourth-order valence-corrected chi connectivity index (χ4v) is 1.39. The molecule has 0 saturated heterocycles. The first-order chi connectivity index (χ1) is 5.38. The summed E-state index contributed by atoms with van der Waals surface area (Å²) in [5.74, 6) is 0. The van der Waals surface area contributed by atoms with Crippen molar-refractivity contribution in [1.82, 2.24) is 0 Å². The summed E-state index contributed by atoms with van der Waals surface area (Å²) in [6.07, 6.45) is 0. The van der Waals surface area contributed by atoms with Crippen molar-refractivity contribution in [1.29, 1.82) is 0 Å². The van der Waals surface area contributed by atoms with Crippen molar-refractivity contribution >= 4 is 62.2 Å². The van der Waals surface area contributed by atoms with E-state index >= 15 is 0 Å². The Hall–Kier alpha value is 0.336. The molecular weight excluding hydrogens is 171 g/mol. The number of hydrogen-bond acceptors (Lipinski definition) is 0. The van der Waals surface area contributed by atoms with Gasteiger partial charge in [0.25, 0.3) is 0 Å². The van der Waals surface area contributed by atoms with Gasteiger partial charge in [0.1, 0.15) is 0 Å². The molecule has 0 bridgehead atoms. The predicted octanol–water partition coefficient (Wildman–Crippen LogP) is 2.50. The summed E-state index contributed by atoms with van der Waals surface area (Å²) in [6, 6.07) is 14.8. The molecule has 0 heterocycles. The maximum absolute atomic E-state index is 2.16. The number of benzene rings is 2. The molecule has 0 fully saturated rings. The second-order valence-electron chi connectivity index (χ2n) is 2.80. The van der Waals surface area contributed by atoms with Crippen LogP contribution < -0.4 is 0 Å². The Morgan fingerprint density at radius 3 is 2.25 bits per heavy atom. The molecule has 0 aromatic heterocycles. The number of rotatable bonds is 0. The van der Waals surface area contributed by atoms with Crippen LogP contribution in [0.25, 0.3) is 10.8 Å². The van der Waals surface area contributed by atoms with Crippen LogP contribution in [-0.4, -0.2) is 51.4 Å². The molecule has 0 radical (unpaired) electrons. The van der Waals surface area contributed by atoms with Gasteiger partial charge in [-0.3, -0.25) is 0 Å². The van der Waals surface area contributed by atoms with Crippen LogP contribution in [0.4, 0.5) is 0 Å². The molecule has 12 heavy (non-hydrogen) atoms. The van der Waals surface area contributed by atoms with Gasteiger partial charge in [0.15, 0.2) is 0 Å². The Balaban J connectivity index is 0.000000720. The first-order valence-electron chi connectivity index (χ1n) is 3.82. The van der Waals surface area contributed by atoms with Crippen LogP contribution >= 0.6 is 0 Å². The van der Waals surface area contributed by atoms with Crippen LogP contribution in [0.3, 0.4) is 0 Å². The molecule has 0 aliphatic rings. The standard InChI is InChI=1S/C11H10.K.H/c1-9-5-4-7-10-6-2-3-8-11(9)10;;/h2-8H,1H3;;. The van der Waals surface area contributed by atoms with E-state index in [1.54, 1.807) is 0 Å². The van der Waals surface area contributed by atoms with E-state index in [0.29, 0.717) is 0 Å². The molecule has 0 saturated carbocycles. The Labute approximate surface area is 115 Å². The van der Waals surface area contributed by atoms with E-state index < -0.39 is 0 Å². The number of aryl methyl sites for hydroxylation is 1. The van der Waals surface area contributed by atoms with Gasteiger partial charge in [0.05, 0.1) is 0 Å². The molecule has 0 amide bonds. The molecule has 0 N–H and O–H groups in total. The van der Waals surface area contributed by atoms with Crippen LogP contribution in [-0.2, 0) is 0 Å². The van der Waals surface area contributed by atoms with Crippen LogP contribution in [0.1, 0.15) is 5.56 Å². The van der Waals surface area contributed by atoms with Crippen molar-refractivity contribution in [2.45, 2.75) is 6.92 Å². The predicted molar refractivity (Wildman–Crippen MR) is 55.8 cm³/mol. The second-order valence-corrected chi connectivity index (χ2v) is 2.80. The number of hydrogen-bond donors (Lipinski definition) is 0. The fourth-order valence-electron chi connectivity index (χ4n) is 1.39. The summed E-state index contributed by atoms with van der Waals surface area (Å²) in [5.41, 5.74) is 1.35. The maximum atomic E-state index is 2.16. The molecule has 0 spiro atoms. The molecule has 0 unspecified atom stereocenters. The molecule has 2 aromatic carbocycles. The third kappa shape index (κ3) is 1.98. The normalized spacial score (nSPS) is 9.42. The molecule has 2 aromatic rings. The minimum absolute atomic E-state index is 0. The molecule has 0 aliphatic heterocycles. The van der Waals surface area contributed by atoms with Gasteiger partial charge < -0.3 is 0 Å². The van der Waals surface area contributed by atoms with E-state index in [4.69, 9.17) is 0 Å². The summed E-state index contributed by atoms with van der Waals surface area (Å²) < 4.78 is 0. The van der Waals surface area contributed by atoms with Gasteiger partial charge in [0, 0.05) is 0 Å². The van der Waals surface area contributed by atoms with E-state index in [1.807, 2.05) is 0 Å². The van der Waals surface area contributed by atoms with E-state index in [0.717, 1.165) is 0 Å². The average molecular weight is 182 g/mol. The van der Waals surface area contributed by atoms with Gasteiger partial charge in [-0.2, -0.15) is 0 Å². The summed E-state index contributed by atoms with van der Waals surface area (Å²) in [7, 11) is 0. The summed E-state index contributed by atoms with van der Waals surface area (Å²) >= 11 is 0. The summed E-state index contributed by atoms with van der Waals surface area (Å²) in [4.78, 5) is 0. The SMILES string of the molecule is Cc1cccc2ccccc12.[KH]. The Kier molecular flexibility index (Phi) is 3.94. The second kappa shape index (κ2) is 4.54. The van der Waals surface area contributed by atoms with Crippen molar-refractivity contribution in [2.75, 3.05) is 0 Å². The fraction of sp³-hybridized carbons (Fsp3) is 0.0909. The number of fused-ring (bicyclic) bond motifs is 1. The van der Waals surface area contributed by atoms with Gasteiger partial charge in [-0.05, 0) is 23.3 Å². The summed E-state index contributed by atoms with van der Waals surface area (Å²) in [6.45, 7) is 2.14. The average Bonchev–Trinajstić information content (AvgIpc) is 2.06. The molecule has 0 aliphatic carbocycles. The third-order valence-corrected chi connectivity index (χ3v) is 2.01. The minimum atomic E-state index is 0. The Bertz CT molecular complexity index is 374. The molecule has 1 heteroatoms. The monoisotopic (exact) mass is 182 g/mol. The zero-order chi connectivity index (χ0) is 7.68. The quantitative estimate of drug-likeness (QED) is 0.549. The molecule has 2 rings (SSSR count). The van der Waals surface area contributed by atoms with Gasteiger partial charge in [-0.15, -0.1) is 0 Å². The third-order valence-electron chi connectivity index (χ3n) is 2.01. The van der Waals surface area contributed by atoms with Crippen LogP contribution in [0.15, 0.2) is 42.5 Å². The van der Waals surface area contributed by atoms with E-state index in [1.165, 1.54) is 16.3 Å². The van der Waals surface area contributed by atoms with Crippen molar-refractivity contribution in [3.63, 3.8) is 0 Å². The van der Waals surface area contributed by atoms with Crippen molar-refractivity contribution < 1.29 is 0 Å². The van der Waals surface area contributed by atoms with Crippen molar-refractivity contribution in [3.05, 3.63) is 48.0 Å². The Morgan fingerprint density at radius 2 is 1.50 bits per heavy atom. The van der Waals surface area contributed by atoms with Gasteiger partial charge in [0.2, 0.25) is 0 Å². The van der Waals surface area contributed by atoms with Crippen LogP contribution in [0.2, 0.25) is 0 Å². The molecule has 56 valence electrons. The molecule has 0 atom stereocenters. The first kappa shape index (κ1) is 10.4. The van der Waals surface area contributed by atoms with E-state index in [9.17, 15) is 0 Å². The zero-order valence-electron chi connectivity index (χ0n) is 6.54. The van der Waals surface area contributed by atoms with E-state index in [2.05, 4.69) is 49.4 Å².